The van der Waals surface area contributed by atoms with Gasteiger partial charge in [-0.1, -0.05) is 6.07 Å². The molecule has 0 aliphatic heterocycles. The molecular weight excluding hydrogens is 237 g/mol. The first-order chi connectivity index (χ1) is 8.54. The van der Waals surface area contributed by atoms with E-state index < -0.39 is 11.7 Å². The number of anilines is 2. The van der Waals surface area contributed by atoms with E-state index in [2.05, 4.69) is 15.4 Å². The summed E-state index contributed by atoms with van der Waals surface area (Å²) in [6.07, 6.45) is 1.33. The minimum absolute atomic E-state index is 0.0718. The van der Waals surface area contributed by atoms with Crippen LogP contribution in [0.3, 0.4) is 0 Å². The number of nitrogen functional groups attached to an aromatic ring is 1. The van der Waals surface area contributed by atoms with Crippen molar-refractivity contribution in [1.29, 1.82) is 0 Å². The molecule has 1 aromatic heterocycles. The number of hydrogen-bond acceptors (Lipinski definition) is 4. The summed E-state index contributed by atoms with van der Waals surface area (Å²) in [6, 6.07) is 4.49. The van der Waals surface area contributed by atoms with Gasteiger partial charge in [0.15, 0.2) is 0 Å². The highest BCUT2D eigenvalue weighted by Gasteiger charge is 2.08. The number of hydrogen-bond donors (Lipinski definition) is 2. The lowest BCUT2D eigenvalue weighted by molar-refractivity contribution is -0.116. The minimum atomic E-state index is -0.480. The summed E-state index contributed by atoms with van der Waals surface area (Å²) >= 11 is 0. The molecule has 3 N–H and O–H groups in total. The average molecular weight is 249 g/mol. The zero-order chi connectivity index (χ0) is 13.1. The molecule has 0 atom stereocenters. The van der Waals surface area contributed by atoms with Crippen LogP contribution in [0.1, 0.15) is 5.56 Å². The summed E-state index contributed by atoms with van der Waals surface area (Å²) in [5, 5.41) is 6.23. The van der Waals surface area contributed by atoms with Gasteiger partial charge in [-0.2, -0.15) is 0 Å². The van der Waals surface area contributed by atoms with E-state index in [9.17, 15) is 9.18 Å². The Kier molecular flexibility index (Phi) is 3.22. The molecule has 0 unspecified atom stereocenters. The molecule has 0 bridgehead atoms. The minimum Gasteiger partial charge on any atom is -0.367 e. The van der Waals surface area contributed by atoms with Crippen LogP contribution in [0.4, 0.5) is 16.0 Å². The van der Waals surface area contributed by atoms with Crippen LogP contribution in [-0.4, -0.2) is 20.7 Å². The fourth-order valence-corrected chi connectivity index (χ4v) is 1.46. The monoisotopic (exact) mass is 249 g/mol. The molecule has 0 aliphatic carbocycles. The smallest absolute Gasteiger partial charge is 0.246 e. The summed E-state index contributed by atoms with van der Waals surface area (Å²) in [6.45, 7) is 1.74. The van der Waals surface area contributed by atoms with E-state index >= 15 is 0 Å². The zero-order valence-corrected chi connectivity index (χ0v) is 9.72. The Morgan fingerprint density at radius 1 is 1.56 bits per heavy atom. The maximum atomic E-state index is 13.4. The van der Waals surface area contributed by atoms with E-state index in [1.807, 2.05) is 6.92 Å². The molecule has 0 saturated heterocycles. The molecule has 0 radical (unpaired) electrons. The molecule has 7 heteroatoms. The lowest BCUT2D eigenvalue weighted by atomic mass is 10.2. The summed E-state index contributed by atoms with van der Waals surface area (Å²) in [4.78, 5) is 15.3. The third kappa shape index (κ3) is 2.82. The normalized spacial score (nSPS) is 10.3. The van der Waals surface area contributed by atoms with Crippen LogP contribution >= 0.6 is 0 Å². The van der Waals surface area contributed by atoms with Gasteiger partial charge in [-0.15, -0.1) is 5.10 Å². The van der Waals surface area contributed by atoms with Crippen molar-refractivity contribution >= 4 is 17.5 Å². The number of nitrogens with two attached hydrogens (primary N) is 1. The second-order valence-electron chi connectivity index (χ2n) is 3.83. The van der Waals surface area contributed by atoms with Crippen molar-refractivity contribution in [2.45, 2.75) is 13.5 Å². The first kappa shape index (κ1) is 12.0. The number of halogens is 1. The quantitative estimate of drug-likeness (QED) is 0.847. The molecule has 0 fully saturated rings. The Labute approximate surface area is 103 Å². The topological polar surface area (TPSA) is 85.8 Å². The maximum absolute atomic E-state index is 13.4. The van der Waals surface area contributed by atoms with Crippen LogP contribution in [0.2, 0.25) is 0 Å². The first-order valence-corrected chi connectivity index (χ1v) is 5.25. The molecule has 0 aliphatic rings. The summed E-state index contributed by atoms with van der Waals surface area (Å²) < 4.78 is 14.7. The van der Waals surface area contributed by atoms with Gasteiger partial charge in [-0.3, -0.25) is 4.79 Å². The predicted molar refractivity (Wildman–Crippen MR) is 64.2 cm³/mol. The highest BCUT2D eigenvalue weighted by molar-refractivity contribution is 5.90. The molecule has 18 heavy (non-hydrogen) atoms. The average Bonchev–Trinajstić information content (AvgIpc) is 2.69. The number of aromatic nitrogens is 3. The number of nitrogens with zero attached hydrogens (tertiary/aromatic N) is 3. The van der Waals surface area contributed by atoms with Gasteiger partial charge in [-0.05, 0) is 24.6 Å². The third-order valence-corrected chi connectivity index (χ3v) is 2.26. The van der Waals surface area contributed by atoms with Crippen LogP contribution in [-0.2, 0) is 11.3 Å². The number of benzene rings is 1. The Bertz CT molecular complexity index is 581. The molecule has 0 saturated carbocycles. The highest BCUT2D eigenvalue weighted by Crippen LogP contribution is 2.15. The molecule has 2 aromatic rings. The van der Waals surface area contributed by atoms with Crippen LogP contribution in [0.5, 0.6) is 0 Å². The molecule has 2 rings (SSSR count). The lowest BCUT2D eigenvalue weighted by Gasteiger charge is -2.07. The van der Waals surface area contributed by atoms with Crippen molar-refractivity contribution in [1.82, 2.24) is 14.8 Å². The second-order valence-corrected chi connectivity index (χ2v) is 3.83. The maximum Gasteiger partial charge on any atom is 0.246 e. The Balaban J connectivity index is 2.05. The zero-order valence-electron chi connectivity index (χ0n) is 9.72. The standard InChI is InChI=1S/C11H12FN5O/c1-7-2-3-8(12)9(4-7)15-10(18)5-17-6-14-11(13)16-17/h2-4,6H,5H2,1H3,(H2,13,16)(H,15,18). The Morgan fingerprint density at radius 3 is 3.00 bits per heavy atom. The van der Waals surface area contributed by atoms with Gasteiger partial charge in [0, 0.05) is 0 Å². The van der Waals surface area contributed by atoms with E-state index in [1.165, 1.54) is 17.1 Å². The molecule has 6 nitrogen and oxygen atoms in total. The summed E-state index contributed by atoms with van der Waals surface area (Å²) in [5.74, 6) is -0.791. The number of rotatable bonds is 3. The Hall–Kier alpha value is -2.44. The van der Waals surface area contributed by atoms with Gasteiger partial charge < -0.3 is 11.1 Å². The molecule has 94 valence electrons. The first-order valence-electron chi connectivity index (χ1n) is 5.25. The molecule has 1 aromatic carbocycles. The molecule has 1 heterocycles. The number of carbonyl (C=O) groups is 1. The van der Waals surface area contributed by atoms with Gasteiger partial charge in [0.05, 0.1) is 5.69 Å². The van der Waals surface area contributed by atoms with Gasteiger partial charge >= 0.3 is 0 Å². The van der Waals surface area contributed by atoms with Gasteiger partial charge in [0.25, 0.3) is 0 Å². The summed E-state index contributed by atoms with van der Waals surface area (Å²) in [7, 11) is 0. The van der Waals surface area contributed by atoms with Crippen LogP contribution in [0, 0.1) is 12.7 Å². The number of nitrogens with one attached hydrogen (secondary N) is 1. The molecule has 1 amide bonds. The lowest BCUT2D eigenvalue weighted by Crippen LogP contribution is -2.19. The second kappa shape index (κ2) is 4.82. The van der Waals surface area contributed by atoms with Gasteiger partial charge in [0.2, 0.25) is 11.9 Å². The molecule has 0 spiro atoms. The fraction of sp³-hybridized carbons (Fsp3) is 0.182. The third-order valence-electron chi connectivity index (χ3n) is 2.26. The van der Waals surface area contributed by atoms with E-state index in [0.717, 1.165) is 5.56 Å². The van der Waals surface area contributed by atoms with E-state index in [0.29, 0.717) is 0 Å². The van der Waals surface area contributed by atoms with Crippen molar-refractivity contribution in [3.05, 3.63) is 35.9 Å². The van der Waals surface area contributed by atoms with Gasteiger partial charge in [-0.25, -0.2) is 14.1 Å². The van der Waals surface area contributed by atoms with E-state index in [4.69, 9.17) is 5.73 Å². The van der Waals surface area contributed by atoms with Crippen molar-refractivity contribution in [2.24, 2.45) is 0 Å². The van der Waals surface area contributed by atoms with Crippen LogP contribution in [0.25, 0.3) is 0 Å². The summed E-state index contributed by atoms with van der Waals surface area (Å²) in [5.41, 5.74) is 6.32. The van der Waals surface area contributed by atoms with Crippen LogP contribution in [0.15, 0.2) is 24.5 Å². The van der Waals surface area contributed by atoms with Crippen molar-refractivity contribution in [3.8, 4) is 0 Å². The molecular formula is C11H12FN5O. The number of carbonyl (C=O) groups excluding carboxylic acids is 1. The number of amides is 1. The predicted octanol–water partition coefficient (Wildman–Crippen LogP) is 0.947. The SMILES string of the molecule is Cc1ccc(F)c(NC(=O)Cn2cnc(N)n2)c1. The van der Waals surface area contributed by atoms with E-state index in [1.54, 1.807) is 12.1 Å². The largest absolute Gasteiger partial charge is 0.367 e. The number of aryl methyl sites for hydroxylation is 1. The van der Waals surface area contributed by atoms with Crippen molar-refractivity contribution in [2.75, 3.05) is 11.1 Å². The van der Waals surface area contributed by atoms with Crippen molar-refractivity contribution < 1.29 is 9.18 Å². The van der Waals surface area contributed by atoms with E-state index in [-0.39, 0.29) is 18.2 Å². The van der Waals surface area contributed by atoms with Crippen molar-refractivity contribution in [3.63, 3.8) is 0 Å². The highest BCUT2D eigenvalue weighted by atomic mass is 19.1. The van der Waals surface area contributed by atoms with Gasteiger partial charge in [0.1, 0.15) is 18.7 Å². The fourth-order valence-electron chi connectivity index (χ4n) is 1.46. The van der Waals surface area contributed by atoms with Crippen LogP contribution < -0.4 is 11.1 Å². The Morgan fingerprint density at radius 2 is 2.33 bits per heavy atom.